The molecule has 0 aliphatic carbocycles. The standard InChI is InChI=1S/C10H15N3O2S/c1-7-8(12-9(11)16-7)15-10(14)13-5-3-2-4-6-13/h2-6H2,1H3,(H2,11,12). The maximum absolute atomic E-state index is 11.8. The molecule has 1 saturated heterocycles. The summed E-state index contributed by atoms with van der Waals surface area (Å²) in [5.74, 6) is 0.345. The molecule has 0 spiro atoms. The number of carbonyl (C=O) groups excluding carboxylic acids is 1. The molecule has 6 heteroatoms. The number of hydrogen-bond donors (Lipinski definition) is 1. The summed E-state index contributed by atoms with van der Waals surface area (Å²) in [6.45, 7) is 3.39. The number of hydrogen-bond acceptors (Lipinski definition) is 5. The monoisotopic (exact) mass is 241 g/mol. The van der Waals surface area contributed by atoms with E-state index in [9.17, 15) is 4.79 Å². The predicted octanol–water partition coefficient (Wildman–Crippen LogP) is 2.02. The van der Waals surface area contributed by atoms with Gasteiger partial charge in [0.15, 0.2) is 5.13 Å². The highest BCUT2D eigenvalue weighted by molar-refractivity contribution is 7.15. The normalized spacial score (nSPS) is 16.2. The molecule has 2 N–H and O–H groups in total. The van der Waals surface area contributed by atoms with Crippen molar-refractivity contribution in [2.24, 2.45) is 0 Å². The summed E-state index contributed by atoms with van der Waals surface area (Å²) in [5, 5.41) is 0.430. The zero-order valence-electron chi connectivity index (χ0n) is 9.23. The van der Waals surface area contributed by atoms with Crippen LogP contribution in [0.25, 0.3) is 0 Å². The minimum absolute atomic E-state index is 0.312. The number of carbonyl (C=O) groups is 1. The number of aryl methyl sites for hydroxylation is 1. The first-order chi connectivity index (χ1) is 7.66. The van der Waals surface area contributed by atoms with Crippen molar-refractivity contribution in [3.05, 3.63) is 4.88 Å². The van der Waals surface area contributed by atoms with E-state index in [1.165, 1.54) is 17.8 Å². The average molecular weight is 241 g/mol. The number of nitrogen functional groups attached to an aromatic ring is 1. The lowest BCUT2D eigenvalue weighted by molar-refractivity contribution is 0.141. The minimum Gasteiger partial charge on any atom is -0.390 e. The van der Waals surface area contributed by atoms with Gasteiger partial charge < -0.3 is 15.4 Å². The van der Waals surface area contributed by atoms with Crippen LogP contribution in [-0.4, -0.2) is 29.1 Å². The van der Waals surface area contributed by atoms with Crippen LogP contribution in [0.4, 0.5) is 9.93 Å². The average Bonchev–Trinajstić information content (AvgIpc) is 2.59. The second kappa shape index (κ2) is 4.69. The molecular weight excluding hydrogens is 226 g/mol. The number of likely N-dealkylation sites (tertiary alicyclic amines) is 1. The van der Waals surface area contributed by atoms with Gasteiger partial charge in [-0.1, -0.05) is 11.3 Å². The summed E-state index contributed by atoms with van der Waals surface area (Å²) in [5.41, 5.74) is 5.54. The minimum atomic E-state index is -0.312. The Labute approximate surface area is 98.2 Å². The van der Waals surface area contributed by atoms with Gasteiger partial charge >= 0.3 is 6.09 Å². The number of piperidine rings is 1. The highest BCUT2D eigenvalue weighted by Crippen LogP contribution is 2.26. The van der Waals surface area contributed by atoms with Gasteiger partial charge in [-0.25, -0.2) is 4.79 Å². The van der Waals surface area contributed by atoms with E-state index in [0.717, 1.165) is 30.8 Å². The van der Waals surface area contributed by atoms with Crippen molar-refractivity contribution in [2.45, 2.75) is 26.2 Å². The van der Waals surface area contributed by atoms with E-state index in [-0.39, 0.29) is 6.09 Å². The maximum atomic E-state index is 11.8. The largest absolute Gasteiger partial charge is 0.416 e. The Balaban J connectivity index is 1.98. The number of aromatic nitrogens is 1. The van der Waals surface area contributed by atoms with E-state index in [4.69, 9.17) is 10.5 Å². The van der Waals surface area contributed by atoms with Crippen LogP contribution in [0.15, 0.2) is 0 Å². The number of amides is 1. The summed E-state index contributed by atoms with van der Waals surface area (Å²) in [7, 11) is 0. The van der Waals surface area contributed by atoms with Crippen LogP contribution in [-0.2, 0) is 0 Å². The van der Waals surface area contributed by atoms with Gasteiger partial charge in [-0.2, -0.15) is 4.98 Å². The Hall–Kier alpha value is -1.30. The van der Waals surface area contributed by atoms with Gasteiger partial charge in [-0.05, 0) is 26.2 Å². The number of nitrogens with two attached hydrogens (primary N) is 1. The van der Waals surface area contributed by atoms with Gasteiger partial charge in [0.1, 0.15) is 0 Å². The second-order valence-electron chi connectivity index (χ2n) is 3.83. The summed E-state index contributed by atoms with van der Waals surface area (Å²) >= 11 is 1.33. The van der Waals surface area contributed by atoms with Gasteiger partial charge in [-0.3, -0.25) is 0 Å². The molecule has 2 heterocycles. The highest BCUT2D eigenvalue weighted by atomic mass is 32.1. The quantitative estimate of drug-likeness (QED) is 0.816. The molecule has 1 aliphatic heterocycles. The Morgan fingerprint density at radius 1 is 1.44 bits per heavy atom. The zero-order chi connectivity index (χ0) is 11.5. The SMILES string of the molecule is Cc1sc(N)nc1OC(=O)N1CCCCC1. The van der Waals surface area contributed by atoms with E-state index < -0.39 is 0 Å². The fourth-order valence-electron chi connectivity index (χ4n) is 1.72. The summed E-state index contributed by atoms with van der Waals surface area (Å²) < 4.78 is 5.21. The lowest BCUT2D eigenvalue weighted by Gasteiger charge is -2.25. The molecular formula is C10H15N3O2S. The van der Waals surface area contributed by atoms with Gasteiger partial charge in [-0.15, -0.1) is 0 Å². The van der Waals surface area contributed by atoms with Crippen molar-refractivity contribution in [3.63, 3.8) is 0 Å². The fraction of sp³-hybridized carbons (Fsp3) is 0.600. The second-order valence-corrected chi connectivity index (χ2v) is 5.06. The number of anilines is 1. The highest BCUT2D eigenvalue weighted by Gasteiger charge is 2.20. The van der Waals surface area contributed by atoms with Crippen LogP contribution in [0, 0.1) is 6.92 Å². The molecule has 0 saturated carbocycles. The lowest BCUT2D eigenvalue weighted by atomic mass is 10.1. The van der Waals surface area contributed by atoms with Crippen LogP contribution < -0.4 is 10.5 Å². The molecule has 5 nitrogen and oxygen atoms in total. The number of nitrogens with zero attached hydrogens (tertiary/aromatic N) is 2. The third-order valence-corrected chi connectivity index (χ3v) is 3.35. The molecule has 1 fully saturated rings. The number of thiazole rings is 1. The first-order valence-electron chi connectivity index (χ1n) is 5.36. The van der Waals surface area contributed by atoms with Gasteiger partial charge in [0.25, 0.3) is 0 Å². The fourth-order valence-corrected chi connectivity index (χ4v) is 2.34. The Morgan fingerprint density at radius 2 is 2.12 bits per heavy atom. The summed E-state index contributed by atoms with van der Waals surface area (Å²) in [6, 6.07) is 0. The van der Waals surface area contributed by atoms with Crippen LogP contribution in [0.1, 0.15) is 24.1 Å². The van der Waals surface area contributed by atoms with E-state index in [1.54, 1.807) is 4.90 Å². The van der Waals surface area contributed by atoms with Crippen LogP contribution in [0.5, 0.6) is 5.88 Å². The lowest BCUT2D eigenvalue weighted by Crippen LogP contribution is -2.37. The van der Waals surface area contributed by atoms with Gasteiger partial charge in [0.2, 0.25) is 5.88 Å². The first kappa shape index (κ1) is 11.2. The van der Waals surface area contributed by atoms with Crippen molar-refractivity contribution >= 4 is 22.6 Å². The molecule has 0 radical (unpaired) electrons. The van der Waals surface area contributed by atoms with Crippen molar-refractivity contribution in [1.29, 1.82) is 0 Å². The van der Waals surface area contributed by atoms with E-state index in [0.29, 0.717) is 11.0 Å². The Morgan fingerprint density at radius 3 is 2.69 bits per heavy atom. The molecule has 2 rings (SSSR count). The molecule has 1 amide bonds. The summed E-state index contributed by atoms with van der Waals surface area (Å²) in [6.07, 6.45) is 2.97. The van der Waals surface area contributed by atoms with Crippen LogP contribution in [0.2, 0.25) is 0 Å². The molecule has 1 aromatic rings. The van der Waals surface area contributed by atoms with Crippen LogP contribution in [0.3, 0.4) is 0 Å². The summed E-state index contributed by atoms with van der Waals surface area (Å²) in [4.78, 5) is 18.3. The predicted molar refractivity (Wildman–Crippen MR) is 62.7 cm³/mol. The molecule has 88 valence electrons. The van der Waals surface area contributed by atoms with E-state index in [2.05, 4.69) is 4.98 Å². The molecule has 1 aliphatic rings. The molecule has 1 aromatic heterocycles. The van der Waals surface area contributed by atoms with Gasteiger partial charge in [0.05, 0.1) is 4.88 Å². The third-order valence-electron chi connectivity index (χ3n) is 2.57. The maximum Gasteiger partial charge on any atom is 0.416 e. The van der Waals surface area contributed by atoms with Gasteiger partial charge in [0, 0.05) is 13.1 Å². The smallest absolute Gasteiger partial charge is 0.390 e. The Kier molecular flexibility index (Phi) is 3.28. The molecule has 0 bridgehead atoms. The third kappa shape index (κ3) is 2.44. The topological polar surface area (TPSA) is 68.5 Å². The zero-order valence-corrected chi connectivity index (χ0v) is 10.0. The molecule has 16 heavy (non-hydrogen) atoms. The van der Waals surface area contributed by atoms with E-state index in [1.807, 2.05) is 6.92 Å². The van der Waals surface area contributed by atoms with Crippen molar-refractivity contribution < 1.29 is 9.53 Å². The first-order valence-corrected chi connectivity index (χ1v) is 6.18. The Bertz CT molecular complexity index is 385. The van der Waals surface area contributed by atoms with Crippen molar-refractivity contribution in [2.75, 3.05) is 18.8 Å². The number of ether oxygens (including phenoxy) is 1. The number of rotatable bonds is 1. The van der Waals surface area contributed by atoms with Crippen molar-refractivity contribution in [1.82, 2.24) is 9.88 Å². The van der Waals surface area contributed by atoms with Crippen LogP contribution >= 0.6 is 11.3 Å². The molecule has 0 unspecified atom stereocenters. The van der Waals surface area contributed by atoms with Crippen molar-refractivity contribution in [3.8, 4) is 5.88 Å². The molecule has 0 aromatic carbocycles. The molecule has 0 atom stereocenters. The van der Waals surface area contributed by atoms with E-state index >= 15 is 0 Å².